The molecule has 2 rings (SSSR count). The molecular weight excluding hydrogens is 284 g/mol. The van der Waals surface area contributed by atoms with Crippen LogP contribution in [-0.2, 0) is 0 Å². The fraction of sp³-hybridized carbons (Fsp3) is 0.278. The average molecular weight is 304 g/mol. The van der Waals surface area contributed by atoms with Gasteiger partial charge in [0, 0.05) is 10.6 Å². The molecule has 2 aromatic carbocycles. The Morgan fingerprint density at radius 1 is 1.00 bits per heavy atom. The zero-order chi connectivity index (χ0) is 15.2. The van der Waals surface area contributed by atoms with Crippen molar-refractivity contribution in [1.29, 1.82) is 0 Å². The minimum Gasteiger partial charge on any atom is -0.490 e. The predicted octanol–water partition coefficient (Wildman–Crippen LogP) is 5.38. The maximum absolute atomic E-state index is 6.38. The number of halogens is 1. The van der Waals surface area contributed by atoms with E-state index in [0.717, 1.165) is 33.2 Å². The molecule has 2 aromatic rings. The highest BCUT2D eigenvalue weighted by atomic mass is 35.5. The van der Waals surface area contributed by atoms with Gasteiger partial charge in [0.05, 0.1) is 13.2 Å². The zero-order valence-corrected chi connectivity index (χ0v) is 13.4. The highest BCUT2D eigenvalue weighted by Crippen LogP contribution is 2.37. The van der Waals surface area contributed by atoms with Crippen molar-refractivity contribution in [2.75, 3.05) is 13.2 Å². The highest BCUT2D eigenvalue weighted by Gasteiger charge is 2.12. The first-order chi connectivity index (χ1) is 10.2. The van der Waals surface area contributed by atoms with Crippen LogP contribution in [0.3, 0.4) is 0 Å². The largest absolute Gasteiger partial charge is 0.490 e. The smallest absolute Gasteiger partial charge is 0.161 e. The quantitative estimate of drug-likeness (QED) is 0.713. The first-order valence-electron chi connectivity index (χ1n) is 7.19. The normalized spacial score (nSPS) is 10.5. The summed E-state index contributed by atoms with van der Waals surface area (Å²) in [7, 11) is 0. The summed E-state index contributed by atoms with van der Waals surface area (Å²) in [5.74, 6) is 1.51. The average Bonchev–Trinajstić information content (AvgIpc) is 2.49. The molecule has 0 amide bonds. The van der Waals surface area contributed by atoms with Gasteiger partial charge in [-0.2, -0.15) is 0 Å². The van der Waals surface area contributed by atoms with E-state index in [0.29, 0.717) is 13.2 Å². The second-order valence-corrected chi connectivity index (χ2v) is 4.93. The van der Waals surface area contributed by atoms with Crippen LogP contribution in [0.25, 0.3) is 11.1 Å². The summed E-state index contributed by atoms with van der Waals surface area (Å²) in [5, 5.41) is 0.734. The van der Waals surface area contributed by atoms with Crippen molar-refractivity contribution in [1.82, 2.24) is 0 Å². The zero-order valence-electron chi connectivity index (χ0n) is 12.7. The van der Waals surface area contributed by atoms with Crippen LogP contribution in [0.15, 0.2) is 36.4 Å². The number of benzene rings is 2. The van der Waals surface area contributed by atoms with Crippen LogP contribution >= 0.6 is 11.6 Å². The van der Waals surface area contributed by atoms with E-state index in [2.05, 4.69) is 12.5 Å². The fourth-order valence-electron chi connectivity index (χ4n) is 2.29. The van der Waals surface area contributed by atoms with Crippen molar-refractivity contribution in [2.24, 2.45) is 0 Å². The van der Waals surface area contributed by atoms with Gasteiger partial charge in [0.2, 0.25) is 0 Å². The second kappa shape index (κ2) is 7.37. The first-order valence-corrected chi connectivity index (χ1v) is 7.56. The van der Waals surface area contributed by atoms with Crippen LogP contribution in [0.4, 0.5) is 0 Å². The Labute approximate surface area is 131 Å². The van der Waals surface area contributed by atoms with Crippen LogP contribution in [0.1, 0.15) is 26.3 Å². The lowest BCUT2D eigenvalue weighted by Gasteiger charge is -2.15. The number of hydrogen-bond donors (Lipinski definition) is 0. The molecule has 0 atom stereocenters. The number of ether oxygens (including phenoxy) is 2. The summed E-state index contributed by atoms with van der Waals surface area (Å²) in [5.41, 5.74) is 3.15. The van der Waals surface area contributed by atoms with Crippen molar-refractivity contribution in [3.8, 4) is 22.6 Å². The van der Waals surface area contributed by atoms with Gasteiger partial charge in [0.25, 0.3) is 0 Å². The molecule has 0 aliphatic carbocycles. The Morgan fingerprint density at radius 3 is 2.38 bits per heavy atom. The van der Waals surface area contributed by atoms with Crippen molar-refractivity contribution >= 4 is 11.6 Å². The molecule has 0 unspecified atom stereocenters. The molecular formula is C18H20ClO2. The maximum Gasteiger partial charge on any atom is 0.161 e. The van der Waals surface area contributed by atoms with E-state index >= 15 is 0 Å². The van der Waals surface area contributed by atoms with Crippen molar-refractivity contribution < 1.29 is 9.47 Å². The van der Waals surface area contributed by atoms with E-state index in [1.54, 1.807) is 0 Å². The van der Waals surface area contributed by atoms with Gasteiger partial charge in [-0.05, 0) is 49.6 Å². The second-order valence-electron chi connectivity index (χ2n) is 4.52. The van der Waals surface area contributed by atoms with Crippen molar-refractivity contribution in [3.63, 3.8) is 0 Å². The number of hydrogen-bond acceptors (Lipinski definition) is 2. The van der Waals surface area contributed by atoms with Gasteiger partial charge >= 0.3 is 0 Å². The van der Waals surface area contributed by atoms with E-state index in [1.807, 2.05) is 51.1 Å². The molecule has 1 radical (unpaired) electrons. The van der Waals surface area contributed by atoms with E-state index in [1.165, 1.54) is 0 Å². The molecule has 0 bridgehead atoms. The summed E-state index contributed by atoms with van der Waals surface area (Å²) in [4.78, 5) is 0. The molecule has 0 N–H and O–H groups in total. The standard InChI is InChI=1S/C18H20ClO2/c1-4-13-8-7-9-15(19)18(13)14-10-11-16(20-5-2)17(12-14)21-6-3/h4,7-12H,5-6H2,1-3H3. The van der Waals surface area contributed by atoms with E-state index in [-0.39, 0.29) is 0 Å². The SMILES string of the molecule is C[CH]c1cccc(Cl)c1-c1ccc(OCC)c(OCC)c1. The maximum atomic E-state index is 6.38. The summed E-state index contributed by atoms with van der Waals surface area (Å²) < 4.78 is 11.3. The monoisotopic (exact) mass is 303 g/mol. The van der Waals surface area contributed by atoms with Crippen LogP contribution in [0, 0.1) is 6.42 Å². The molecule has 0 fully saturated rings. The Balaban J connectivity index is 2.52. The molecule has 0 aromatic heterocycles. The summed E-state index contributed by atoms with van der Waals surface area (Å²) in [6.45, 7) is 7.14. The summed E-state index contributed by atoms with van der Waals surface area (Å²) in [6, 6.07) is 11.9. The van der Waals surface area contributed by atoms with Gasteiger partial charge in [-0.15, -0.1) is 0 Å². The van der Waals surface area contributed by atoms with Crippen LogP contribution in [0.5, 0.6) is 11.5 Å². The van der Waals surface area contributed by atoms with Gasteiger partial charge in [-0.25, -0.2) is 0 Å². The molecule has 0 aliphatic heterocycles. The minimum absolute atomic E-state index is 0.596. The lowest BCUT2D eigenvalue weighted by atomic mass is 9.97. The molecule has 0 saturated carbocycles. The Bertz CT molecular complexity index is 608. The van der Waals surface area contributed by atoms with Crippen molar-refractivity contribution in [3.05, 3.63) is 53.4 Å². The van der Waals surface area contributed by atoms with Crippen LogP contribution in [0.2, 0.25) is 5.02 Å². The predicted molar refractivity (Wildman–Crippen MR) is 88.3 cm³/mol. The fourth-order valence-corrected chi connectivity index (χ4v) is 2.58. The minimum atomic E-state index is 0.596. The molecule has 2 nitrogen and oxygen atoms in total. The summed E-state index contributed by atoms with van der Waals surface area (Å²) in [6.07, 6.45) is 2.05. The third-order valence-corrected chi connectivity index (χ3v) is 3.50. The van der Waals surface area contributed by atoms with Gasteiger partial charge in [-0.3, -0.25) is 0 Å². The molecule has 0 aliphatic rings. The van der Waals surface area contributed by atoms with E-state index in [9.17, 15) is 0 Å². The van der Waals surface area contributed by atoms with Crippen LogP contribution < -0.4 is 9.47 Å². The topological polar surface area (TPSA) is 18.5 Å². The molecule has 0 saturated heterocycles. The summed E-state index contributed by atoms with van der Waals surface area (Å²) >= 11 is 6.38. The van der Waals surface area contributed by atoms with Crippen molar-refractivity contribution in [2.45, 2.75) is 20.8 Å². The Morgan fingerprint density at radius 2 is 1.71 bits per heavy atom. The third-order valence-electron chi connectivity index (χ3n) is 3.19. The number of rotatable bonds is 6. The molecule has 3 heteroatoms. The third kappa shape index (κ3) is 3.51. The lowest BCUT2D eigenvalue weighted by molar-refractivity contribution is 0.288. The molecule has 0 spiro atoms. The van der Waals surface area contributed by atoms with E-state index < -0.39 is 0 Å². The Kier molecular flexibility index (Phi) is 5.51. The van der Waals surface area contributed by atoms with Gasteiger partial charge in [0.15, 0.2) is 11.5 Å². The molecule has 0 heterocycles. The molecule has 111 valence electrons. The molecule has 21 heavy (non-hydrogen) atoms. The van der Waals surface area contributed by atoms with Gasteiger partial charge < -0.3 is 9.47 Å². The first kappa shape index (κ1) is 15.7. The van der Waals surface area contributed by atoms with Crippen LogP contribution in [-0.4, -0.2) is 13.2 Å². The van der Waals surface area contributed by atoms with Gasteiger partial charge in [-0.1, -0.05) is 36.7 Å². The lowest BCUT2D eigenvalue weighted by Crippen LogP contribution is -1.99. The highest BCUT2D eigenvalue weighted by molar-refractivity contribution is 6.33. The van der Waals surface area contributed by atoms with Gasteiger partial charge in [0.1, 0.15) is 0 Å². The van der Waals surface area contributed by atoms with E-state index in [4.69, 9.17) is 21.1 Å². The Hall–Kier alpha value is -1.67.